The number of methoxy groups -OCH3 is 1. The molecule has 2 aromatic carbocycles. The molecule has 0 aliphatic rings. The molecule has 2 aromatic rings. The topological polar surface area (TPSA) is 72.5 Å². The Hall–Kier alpha value is -2.39. The summed E-state index contributed by atoms with van der Waals surface area (Å²) in [5.41, 5.74) is -0.664. The van der Waals surface area contributed by atoms with Crippen LogP contribution in [0.1, 0.15) is 34.5 Å². The van der Waals surface area contributed by atoms with Crippen LogP contribution in [0.5, 0.6) is 0 Å². The van der Waals surface area contributed by atoms with Gasteiger partial charge in [-0.25, -0.2) is 17.9 Å². The van der Waals surface area contributed by atoms with Crippen LogP contribution in [0.3, 0.4) is 0 Å². The second-order valence-electron chi connectivity index (χ2n) is 5.49. The fourth-order valence-corrected chi connectivity index (χ4v) is 3.54. The van der Waals surface area contributed by atoms with E-state index in [1.165, 1.54) is 37.3 Å². The van der Waals surface area contributed by atoms with Crippen molar-refractivity contribution in [3.63, 3.8) is 0 Å². The minimum Gasteiger partial charge on any atom is -0.465 e. The van der Waals surface area contributed by atoms with E-state index in [0.29, 0.717) is 0 Å². The normalized spacial score (nSPS) is 13.3. The molecule has 1 N–H and O–H groups in total. The highest BCUT2D eigenvalue weighted by Crippen LogP contribution is 2.31. The van der Waals surface area contributed by atoms with Crippen LogP contribution in [-0.2, 0) is 20.9 Å². The van der Waals surface area contributed by atoms with Gasteiger partial charge >= 0.3 is 12.1 Å². The molecule has 0 radical (unpaired) electrons. The molecule has 140 valence electrons. The van der Waals surface area contributed by atoms with Crippen LogP contribution < -0.4 is 4.72 Å². The zero-order chi connectivity index (χ0) is 19.5. The minimum absolute atomic E-state index is 0.0436. The molecule has 0 aliphatic heterocycles. The van der Waals surface area contributed by atoms with Gasteiger partial charge in [0.1, 0.15) is 0 Å². The molecule has 1 atom stereocenters. The second-order valence-corrected chi connectivity index (χ2v) is 7.20. The van der Waals surface area contributed by atoms with E-state index >= 15 is 0 Å². The summed E-state index contributed by atoms with van der Waals surface area (Å²) in [6.07, 6.45) is -4.52. The van der Waals surface area contributed by atoms with Crippen LogP contribution in [0.25, 0.3) is 0 Å². The highest BCUT2D eigenvalue weighted by atomic mass is 32.2. The molecular weight excluding hydrogens is 371 g/mol. The molecule has 0 aromatic heterocycles. The fraction of sp³-hybridized carbons (Fsp3) is 0.235. The Kier molecular flexibility index (Phi) is 5.72. The number of hydrogen-bond donors (Lipinski definition) is 1. The quantitative estimate of drug-likeness (QED) is 0.797. The zero-order valence-corrected chi connectivity index (χ0v) is 14.7. The lowest BCUT2D eigenvalue weighted by atomic mass is 10.1. The number of ether oxygens (including phenoxy) is 1. The molecule has 5 nitrogen and oxygen atoms in total. The predicted molar refractivity (Wildman–Crippen MR) is 88.0 cm³/mol. The molecule has 0 heterocycles. The van der Waals surface area contributed by atoms with Crippen LogP contribution in [0.4, 0.5) is 13.2 Å². The van der Waals surface area contributed by atoms with Gasteiger partial charge in [-0.1, -0.05) is 18.2 Å². The molecule has 0 saturated heterocycles. The summed E-state index contributed by atoms with van der Waals surface area (Å²) < 4.78 is 70.2. The number of benzene rings is 2. The lowest BCUT2D eigenvalue weighted by molar-refractivity contribution is -0.137. The second kappa shape index (κ2) is 7.46. The Balaban J connectivity index is 2.28. The molecule has 0 aliphatic carbocycles. The highest BCUT2D eigenvalue weighted by Gasteiger charge is 2.31. The largest absolute Gasteiger partial charge is 0.465 e. The number of alkyl halides is 3. The molecule has 2 rings (SSSR count). The third-order valence-corrected chi connectivity index (χ3v) is 5.15. The predicted octanol–water partition coefficient (Wildman–Crippen LogP) is 3.53. The SMILES string of the molecule is COC(=O)c1cccc(S(=O)(=O)N[C@H](C)c2cccc(C(F)(F)F)c2)c1. The maximum Gasteiger partial charge on any atom is 0.416 e. The number of carbonyl (C=O) groups is 1. The Morgan fingerprint density at radius 2 is 1.77 bits per heavy atom. The van der Waals surface area contributed by atoms with Gasteiger partial charge in [0.25, 0.3) is 0 Å². The lowest BCUT2D eigenvalue weighted by Gasteiger charge is -2.16. The van der Waals surface area contributed by atoms with Gasteiger partial charge < -0.3 is 4.74 Å². The standard InChI is InChI=1S/C17H16F3NO4S/c1-11(12-5-3-7-14(9-12)17(18,19)20)21-26(23,24)15-8-4-6-13(10-15)16(22)25-2/h3-11,21H,1-2H3/t11-/m1/s1. The van der Waals surface area contributed by atoms with Crippen LogP contribution >= 0.6 is 0 Å². The average Bonchev–Trinajstić information content (AvgIpc) is 2.60. The maximum atomic E-state index is 12.8. The molecule has 9 heteroatoms. The monoisotopic (exact) mass is 387 g/mol. The smallest absolute Gasteiger partial charge is 0.416 e. The fourth-order valence-electron chi connectivity index (χ4n) is 2.26. The van der Waals surface area contributed by atoms with Gasteiger partial charge in [0.15, 0.2) is 0 Å². The number of hydrogen-bond acceptors (Lipinski definition) is 4. The molecule has 0 bridgehead atoms. The summed E-state index contributed by atoms with van der Waals surface area (Å²) in [4.78, 5) is 11.3. The molecule has 0 saturated carbocycles. The van der Waals surface area contributed by atoms with Gasteiger partial charge in [0.2, 0.25) is 10.0 Å². The summed E-state index contributed by atoms with van der Waals surface area (Å²) in [6, 6.07) is 8.65. The van der Waals surface area contributed by atoms with Gasteiger partial charge in [-0.15, -0.1) is 0 Å². The van der Waals surface area contributed by atoms with Crippen molar-refractivity contribution in [3.8, 4) is 0 Å². The lowest BCUT2D eigenvalue weighted by Crippen LogP contribution is -2.27. The first-order valence-electron chi connectivity index (χ1n) is 7.42. The van der Waals surface area contributed by atoms with Gasteiger partial charge in [-0.3, -0.25) is 0 Å². The van der Waals surface area contributed by atoms with Crippen LogP contribution in [-0.4, -0.2) is 21.5 Å². The van der Waals surface area contributed by atoms with Crippen molar-refractivity contribution in [2.24, 2.45) is 0 Å². The van der Waals surface area contributed by atoms with E-state index in [1.807, 2.05) is 0 Å². The number of nitrogens with one attached hydrogen (secondary N) is 1. The Morgan fingerprint density at radius 1 is 1.12 bits per heavy atom. The summed E-state index contributed by atoms with van der Waals surface area (Å²) in [6.45, 7) is 1.43. The van der Waals surface area contributed by atoms with E-state index < -0.39 is 33.8 Å². The van der Waals surface area contributed by atoms with E-state index in [9.17, 15) is 26.4 Å². The molecular formula is C17H16F3NO4S. The third-order valence-electron chi connectivity index (χ3n) is 3.61. The van der Waals surface area contributed by atoms with Gasteiger partial charge in [-0.2, -0.15) is 13.2 Å². The molecule has 0 spiro atoms. The summed E-state index contributed by atoms with van der Waals surface area (Å²) in [5, 5.41) is 0. The van der Waals surface area contributed by atoms with Crippen molar-refractivity contribution in [1.29, 1.82) is 0 Å². The third kappa shape index (κ3) is 4.61. The number of esters is 1. The van der Waals surface area contributed by atoms with E-state index in [1.54, 1.807) is 0 Å². The first-order valence-corrected chi connectivity index (χ1v) is 8.91. The van der Waals surface area contributed by atoms with Crippen molar-refractivity contribution in [2.45, 2.75) is 24.0 Å². The number of sulfonamides is 1. The number of halogens is 3. The molecule has 26 heavy (non-hydrogen) atoms. The maximum absolute atomic E-state index is 12.8. The summed E-state index contributed by atoms with van der Waals surface area (Å²) in [7, 11) is -2.90. The van der Waals surface area contributed by atoms with Crippen LogP contribution in [0, 0.1) is 0 Å². The summed E-state index contributed by atoms with van der Waals surface area (Å²) >= 11 is 0. The van der Waals surface area contributed by atoms with E-state index in [4.69, 9.17) is 0 Å². The first-order chi connectivity index (χ1) is 12.0. The van der Waals surface area contributed by atoms with E-state index in [0.717, 1.165) is 25.3 Å². The Bertz CT molecular complexity index is 910. The molecule has 0 fully saturated rings. The molecule has 0 amide bonds. The van der Waals surface area contributed by atoms with Crippen molar-refractivity contribution in [3.05, 3.63) is 65.2 Å². The van der Waals surface area contributed by atoms with E-state index in [-0.39, 0.29) is 16.0 Å². The van der Waals surface area contributed by atoms with Gasteiger partial charge in [0.05, 0.1) is 23.1 Å². The van der Waals surface area contributed by atoms with Gasteiger partial charge in [0, 0.05) is 6.04 Å². The summed E-state index contributed by atoms with van der Waals surface area (Å²) in [5.74, 6) is -0.701. The first kappa shape index (κ1) is 19.9. The van der Waals surface area contributed by atoms with Crippen molar-refractivity contribution in [1.82, 2.24) is 4.72 Å². The van der Waals surface area contributed by atoms with Gasteiger partial charge in [-0.05, 0) is 42.8 Å². The Labute approximate surface area is 148 Å². The van der Waals surface area contributed by atoms with Crippen LogP contribution in [0.15, 0.2) is 53.4 Å². The van der Waals surface area contributed by atoms with Crippen LogP contribution in [0.2, 0.25) is 0 Å². The number of carbonyl (C=O) groups excluding carboxylic acids is 1. The highest BCUT2D eigenvalue weighted by molar-refractivity contribution is 7.89. The number of rotatable bonds is 5. The molecule has 0 unspecified atom stereocenters. The zero-order valence-electron chi connectivity index (χ0n) is 13.9. The van der Waals surface area contributed by atoms with E-state index in [2.05, 4.69) is 9.46 Å². The average molecular weight is 387 g/mol. The minimum atomic E-state index is -4.52. The van der Waals surface area contributed by atoms with Crippen molar-refractivity contribution < 1.29 is 31.1 Å². The van der Waals surface area contributed by atoms with Crippen molar-refractivity contribution in [2.75, 3.05) is 7.11 Å². The van der Waals surface area contributed by atoms with Crippen molar-refractivity contribution >= 4 is 16.0 Å². The Morgan fingerprint density at radius 3 is 2.38 bits per heavy atom.